The molecule has 1 fully saturated rings. The third-order valence-corrected chi connectivity index (χ3v) is 2.96. The second-order valence-electron chi connectivity index (χ2n) is 4.05. The van der Waals surface area contributed by atoms with Crippen LogP contribution < -0.4 is 0 Å². The number of methoxy groups -OCH3 is 1. The maximum absolute atomic E-state index is 13.0. The van der Waals surface area contributed by atoms with Crippen LogP contribution in [0.3, 0.4) is 0 Å². The first kappa shape index (κ1) is 12.5. The summed E-state index contributed by atoms with van der Waals surface area (Å²) in [5, 5.41) is 0. The molecule has 2 rings (SSSR count). The Labute approximate surface area is 104 Å². The smallest absolute Gasteiger partial charge is 0.328 e. The van der Waals surface area contributed by atoms with Crippen LogP contribution in [0.15, 0.2) is 18.3 Å². The molecule has 1 aliphatic heterocycles. The maximum atomic E-state index is 13.0. The van der Waals surface area contributed by atoms with E-state index in [1.54, 1.807) is 0 Å². The predicted molar refractivity (Wildman–Crippen MR) is 60.3 cm³/mol. The van der Waals surface area contributed by atoms with Gasteiger partial charge in [-0.3, -0.25) is 4.79 Å². The second-order valence-corrected chi connectivity index (χ2v) is 4.05. The van der Waals surface area contributed by atoms with Gasteiger partial charge in [0.2, 0.25) is 5.95 Å². The van der Waals surface area contributed by atoms with Crippen molar-refractivity contribution < 1.29 is 18.7 Å². The van der Waals surface area contributed by atoms with E-state index in [2.05, 4.69) is 9.72 Å². The van der Waals surface area contributed by atoms with E-state index in [0.717, 1.165) is 12.5 Å². The Balaban J connectivity index is 2.20. The summed E-state index contributed by atoms with van der Waals surface area (Å²) in [5.41, 5.74) is 0.193. The number of likely N-dealkylation sites (tertiary alicyclic amines) is 1. The topological polar surface area (TPSA) is 59.5 Å². The van der Waals surface area contributed by atoms with E-state index in [1.807, 2.05) is 0 Å². The number of aromatic nitrogens is 1. The van der Waals surface area contributed by atoms with Crippen molar-refractivity contribution in [2.24, 2.45) is 0 Å². The van der Waals surface area contributed by atoms with Gasteiger partial charge < -0.3 is 9.64 Å². The fraction of sp³-hybridized carbons (Fsp3) is 0.417. The van der Waals surface area contributed by atoms with Gasteiger partial charge in [-0.1, -0.05) is 0 Å². The number of halogens is 1. The molecule has 0 aliphatic carbocycles. The lowest BCUT2D eigenvalue weighted by atomic mass is 10.2. The van der Waals surface area contributed by atoms with Crippen LogP contribution in [0.4, 0.5) is 4.39 Å². The SMILES string of the molecule is COC(=O)C1CCCN1C(=O)c1ccnc(F)c1. The average molecular weight is 252 g/mol. The zero-order valence-electron chi connectivity index (χ0n) is 9.93. The molecule has 1 aliphatic rings. The summed E-state index contributed by atoms with van der Waals surface area (Å²) in [7, 11) is 1.29. The molecular weight excluding hydrogens is 239 g/mol. The van der Waals surface area contributed by atoms with Crippen molar-refractivity contribution in [3.8, 4) is 0 Å². The molecule has 1 atom stereocenters. The summed E-state index contributed by atoms with van der Waals surface area (Å²) in [6, 6.07) is 1.92. The van der Waals surface area contributed by atoms with Gasteiger partial charge in [-0.25, -0.2) is 9.78 Å². The van der Waals surface area contributed by atoms with Crippen LogP contribution in [-0.2, 0) is 9.53 Å². The monoisotopic (exact) mass is 252 g/mol. The Kier molecular flexibility index (Phi) is 3.55. The normalized spacial score (nSPS) is 18.8. The first-order valence-corrected chi connectivity index (χ1v) is 5.64. The number of nitrogens with zero attached hydrogens (tertiary/aromatic N) is 2. The first-order chi connectivity index (χ1) is 8.63. The van der Waals surface area contributed by atoms with Crippen LogP contribution in [0.1, 0.15) is 23.2 Å². The van der Waals surface area contributed by atoms with E-state index in [0.29, 0.717) is 13.0 Å². The fourth-order valence-corrected chi connectivity index (χ4v) is 2.09. The first-order valence-electron chi connectivity index (χ1n) is 5.64. The standard InChI is InChI=1S/C12H13FN2O3/c1-18-12(17)9-3-2-6-15(9)11(16)8-4-5-14-10(13)7-8/h4-5,7,9H,2-3,6H2,1H3. The van der Waals surface area contributed by atoms with Gasteiger partial charge in [-0.15, -0.1) is 0 Å². The van der Waals surface area contributed by atoms with Crippen molar-refractivity contribution in [1.82, 2.24) is 9.88 Å². The van der Waals surface area contributed by atoms with Crippen molar-refractivity contribution in [2.45, 2.75) is 18.9 Å². The second kappa shape index (κ2) is 5.12. The third kappa shape index (κ3) is 2.32. The van der Waals surface area contributed by atoms with Gasteiger partial charge in [-0.2, -0.15) is 4.39 Å². The van der Waals surface area contributed by atoms with E-state index < -0.39 is 18.0 Å². The lowest BCUT2D eigenvalue weighted by Crippen LogP contribution is -2.41. The molecule has 1 saturated heterocycles. The Morgan fingerprint density at radius 2 is 2.33 bits per heavy atom. The minimum absolute atomic E-state index is 0.193. The number of amides is 1. The highest BCUT2D eigenvalue weighted by Crippen LogP contribution is 2.21. The summed E-state index contributed by atoms with van der Waals surface area (Å²) in [4.78, 5) is 28.5. The average Bonchev–Trinajstić information content (AvgIpc) is 2.86. The zero-order valence-corrected chi connectivity index (χ0v) is 9.93. The van der Waals surface area contributed by atoms with Gasteiger partial charge in [0.1, 0.15) is 6.04 Å². The van der Waals surface area contributed by atoms with Crippen molar-refractivity contribution in [3.05, 3.63) is 29.8 Å². The highest BCUT2D eigenvalue weighted by molar-refractivity contribution is 5.97. The molecule has 1 aromatic rings. The molecule has 1 amide bonds. The van der Waals surface area contributed by atoms with Crippen LogP contribution in [0, 0.1) is 5.95 Å². The molecule has 96 valence electrons. The van der Waals surface area contributed by atoms with E-state index in [4.69, 9.17) is 0 Å². The Morgan fingerprint density at radius 1 is 1.56 bits per heavy atom. The molecule has 0 saturated carbocycles. The highest BCUT2D eigenvalue weighted by Gasteiger charge is 2.35. The van der Waals surface area contributed by atoms with Crippen molar-refractivity contribution in [1.29, 1.82) is 0 Å². The number of hydrogen-bond donors (Lipinski definition) is 0. The summed E-state index contributed by atoms with van der Waals surface area (Å²) in [6.07, 6.45) is 2.54. The van der Waals surface area contributed by atoms with E-state index in [-0.39, 0.29) is 11.5 Å². The molecular formula is C12H13FN2O3. The van der Waals surface area contributed by atoms with Crippen LogP contribution in [0.5, 0.6) is 0 Å². The molecule has 5 nitrogen and oxygen atoms in total. The van der Waals surface area contributed by atoms with Crippen molar-refractivity contribution >= 4 is 11.9 Å². The highest BCUT2D eigenvalue weighted by atomic mass is 19.1. The van der Waals surface area contributed by atoms with Gasteiger partial charge in [0, 0.05) is 24.4 Å². The molecule has 6 heteroatoms. The van der Waals surface area contributed by atoms with Gasteiger partial charge in [0.25, 0.3) is 5.91 Å². The summed E-state index contributed by atoms with van der Waals surface area (Å²) in [6.45, 7) is 0.475. The lowest BCUT2D eigenvalue weighted by Gasteiger charge is -2.22. The number of carbonyl (C=O) groups excluding carboxylic acids is 2. The summed E-state index contributed by atoms with van der Waals surface area (Å²) in [5.74, 6) is -1.52. The van der Waals surface area contributed by atoms with Crippen LogP contribution >= 0.6 is 0 Å². The number of esters is 1. The minimum atomic E-state index is -0.713. The van der Waals surface area contributed by atoms with Gasteiger partial charge >= 0.3 is 5.97 Å². The third-order valence-electron chi connectivity index (χ3n) is 2.96. The number of pyridine rings is 1. The maximum Gasteiger partial charge on any atom is 0.328 e. The van der Waals surface area contributed by atoms with Crippen LogP contribution in [0.25, 0.3) is 0 Å². The molecule has 0 aromatic carbocycles. The molecule has 2 heterocycles. The van der Waals surface area contributed by atoms with Crippen LogP contribution in [-0.4, -0.2) is 41.5 Å². The van der Waals surface area contributed by atoms with E-state index in [1.165, 1.54) is 24.3 Å². The largest absolute Gasteiger partial charge is 0.467 e. The summed E-state index contributed by atoms with van der Waals surface area (Å²) >= 11 is 0. The fourth-order valence-electron chi connectivity index (χ4n) is 2.09. The number of rotatable bonds is 2. The van der Waals surface area contributed by atoms with Gasteiger partial charge in [-0.05, 0) is 18.9 Å². The van der Waals surface area contributed by atoms with E-state index >= 15 is 0 Å². The summed E-state index contributed by atoms with van der Waals surface area (Å²) < 4.78 is 17.6. The Bertz CT molecular complexity index is 478. The molecule has 0 bridgehead atoms. The quantitative estimate of drug-likeness (QED) is 0.582. The molecule has 0 radical (unpaired) electrons. The zero-order chi connectivity index (χ0) is 13.1. The van der Waals surface area contributed by atoms with Gasteiger partial charge in [0.05, 0.1) is 7.11 Å². The van der Waals surface area contributed by atoms with E-state index in [9.17, 15) is 14.0 Å². The minimum Gasteiger partial charge on any atom is -0.467 e. The number of ether oxygens (including phenoxy) is 1. The van der Waals surface area contributed by atoms with Crippen molar-refractivity contribution in [3.63, 3.8) is 0 Å². The Hall–Kier alpha value is -1.98. The van der Waals surface area contributed by atoms with Crippen molar-refractivity contribution in [2.75, 3.05) is 13.7 Å². The molecule has 1 aromatic heterocycles. The molecule has 0 N–H and O–H groups in total. The molecule has 0 spiro atoms. The molecule has 18 heavy (non-hydrogen) atoms. The number of carbonyl (C=O) groups is 2. The Morgan fingerprint density at radius 3 is 3.00 bits per heavy atom. The molecule has 1 unspecified atom stereocenters. The van der Waals surface area contributed by atoms with Crippen LogP contribution in [0.2, 0.25) is 0 Å². The number of hydrogen-bond acceptors (Lipinski definition) is 4. The predicted octanol–water partition coefficient (Wildman–Crippen LogP) is 0.998. The van der Waals surface area contributed by atoms with Gasteiger partial charge in [0.15, 0.2) is 0 Å². The lowest BCUT2D eigenvalue weighted by molar-refractivity contribution is -0.145.